The number of aromatic nitrogens is 1. The Kier molecular flexibility index (Phi) is 7.72. The highest BCUT2D eigenvalue weighted by Gasteiger charge is 2.26. The normalized spacial score (nSPS) is 21.0. The molecule has 4 rings (SSSR count). The van der Waals surface area contributed by atoms with Crippen LogP contribution >= 0.6 is 24.8 Å². The standard InChI is InChI=1S/C20H28N4O.2ClH/c1-14-3-4-15(2)20-19(14)18(25)11-16(22-20)13-23-7-9-24(10-8-23)17-5-6-21-12-17;;/h3-4,11,17,21H,5-10,12-13H2,1-2H3,(H,22,25);2*1H. The first kappa shape index (κ1) is 22.2. The summed E-state index contributed by atoms with van der Waals surface area (Å²) >= 11 is 0. The van der Waals surface area contributed by atoms with Crippen molar-refractivity contribution in [2.24, 2.45) is 0 Å². The molecule has 0 aliphatic carbocycles. The van der Waals surface area contributed by atoms with Gasteiger partial charge in [0.1, 0.15) is 0 Å². The van der Waals surface area contributed by atoms with Gasteiger partial charge in [0.2, 0.25) is 0 Å². The number of hydrogen-bond donors (Lipinski definition) is 2. The maximum absolute atomic E-state index is 12.6. The molecule has 27 heavy (non-hydrogen) atoms. The van der Waals surface area contributed by atoms with Crippen molar-refractivity contribution in [2.45, 2.75) is 32.9 Å². The van der Waals surface area contributed by atoms with Crippen LogP contribution in [0.25, 0.3) is 10.9 Å². The Hall–Kier alpha value is -1.11. The smallest absolute Gasteiger partial charge is 0.189 e. The zero-order valence-electron chi connectivity index (χ0n) is 16.1. The number of nitrogens with zero attached hydrogens (tertiary/aromatic N) is 2. The second-order valence-corrected chi connectivity index (χ2v) is 7.57. The molecule has 2 N–H and O–H groups in total. The van der Waals surface area contributed by atoms with E-state index in [1.807, 2.05) is 13.0 Å². The number of H-pyrrole nitrogens is 1. The summed E-state index contributed by atoms with van der Waals surface area (Å²) in [6.45, 7) is 11.6. The van der Waals surface area contributed by atoms with E-state index in [2.05, 4.69) is 33.1 Å². The molecule has 7 heteroatoms. The van der Waals surface area contributed by atoms with E-state index < -0.39 is 0 Å². The van der Waals surface area contributed by atoms with Gasteiger partial charge in [0.05, 0.1) is 5.52 Å². The molecule has 2 aromatic rings. The molecule has 150 valence electrons. The van der Waals surface area contributed by atoms with E-state index in [1.165, 1.54) is 6.42 Å². The molecule has 5 nitrogen and oxygen atoms in total. The number of pyridine rings is 1. The molecule has 1 aromatic carbocycles. The van der Waals surface area contributed by atoms with Crippen LogP contribution in [-0.2, 0) is 6.54 Å². The Labute approximate surface area is 173 Å². The van der Waals surface area contributed by atoms with Crippen LogP contribution in [0.2, 0.25) is 0 Å². The maximum atomic E-state index is 12.6. The summed E-state index contributed by atoms with van der Waals surface area (Å²) in [5, 5.41) is 4.29. The van der Waals surface area contributed by atoms with Crippen molar-refractivity contribution >= 4 is 35.7 Å². The summed E-state index contributed by atoms with van der Waals surface area (Å²) in [4.78, 5) is 21.2. The van der Waals surface area contributed by atoms with E-state index in [1.54, 1.807) is 6.07 Å². The van der Waals surface area contributed by atoms with E-state index >= 15 is 0 Å². The van der Waals surface area contributed by atoms with Crippen LogP contribution in [0.5, 0.6) is 0 Å². The topological polar surface area (TPSA) is 51.4 Å². The molecule has 2 aliphatic rings. The fourth-order valence-electron chi connectivity index (χ4n) is 4.28. The van der Waals surface area contributed by atoms with Crippen molar-refractivity contribution in [1.29, 1.82) is 0 Å². The molecular formula is C20H30Cl2N4O. The maximum Gasteiger partial charge on any atom is 0.189 e. The van der Waals surface area contributed by atoms with Gasteiger partial charge in [0, 0.05) is 62.5 Å². The summed E-state index contributed by atoms with van der Waals surface area (Å²) in [6.07, 6.45) is 1.27. The number of hydrogen-bond acceptors (Lipinski definition) is 4. The number of rotatable bonds is 3. The van der Waals surface area contributed by atoms with Gasteiger partial charge in [-0.1, -0.05) is 12.1 Å². The number of fused-ring (bicyclic) bond motifs is 1. The second kappa shape index (κ2) is 9.39. The van der Waals surface area contributed by atoms with Crippen molar-refractivity contribution in [3.8, 4) is 0 Å². The molecule has 0 bridgehead atoms. The molecule has 1 aromatic heterocycles. The van der Waals surface area contributed by atoms with Crippen LogP contribution in [0, 0.1) is 13.8 Å². The SMILES string of the molecule is Cc1ccc(C)c2c(=O)cc(CN3CCN(C4CCNC4)CC3)[nH]c12.Cl.Cl. The first-order valence-electron chi connectivity index (χ1n) is 9.41. The van der Waals surface area contributed by atoms with Crippen LogP contribution in [-0.4, -0.2) is 60.1 Å². The zero-order chi connectivity index (χ0) is 17.4. The molecule has 2 aliphatic heterocycles. The Morgan fingerprint density at radius 2 is 1.78 bits per heavy atom. The van der Waals surface area contributed by atoms with E-state index in [-0.39, 0.29) is 30.2 Å². The van der Waals surface area contributed by atoms with Gasteiger partial charge in [-0.2, -0.15) is 0 Å². The van der Waals surface area contributed by atoms with Gasteiger partial charge in [0.15, 0.2) is 5.43 Å². The van der Waals surface area contributed by atoms with Crippen LogP contribution in [0.15, 0.2) is 23.0 Å². The van der Waals surface area contributed by atoms with Crippen LogP contribution in [0.3, 0.4) is 0 Å². The molecule has 3 heterocycles. The highest BCUT2D eigenvalue weighted by atomic mass is 35.5. The molecule has 1 unspecified atom stereocenters. The van der Waals surface area contributed by atoms with Crippen LogP contribution in [0.4, 0.5) is 0 Å². The minimum absolute atomic E-state index is 0. The second-order valence-electron chi connectivity index (χ2n) is 7.57. The number of aromatic amines is 1. The summed E-state index contributed by atoms with van der Waals surface area (Å²) in [5.41, 5.74) is 4.35. The summed E-state index contributed by atoms with van der Waals surface area (Å²) in [6, 6.07) is 6.63. The Morgan fingerprint density at radius 1 is 1.07 bits per heavy atom. The van der Waals surface area contributed by atoms with E-state index in [0.717, 1.165) is 73.5 Å². The molecular weight excluding hydrogens is 383 g/mol. The fourth-order valence-corrected chi connectivity index (χ4v) is 4.28. The van der Waals surface area contributed by atoms with Crippen molar-refractivity contribution in [2.75, 3.05) is 39.3 Å². The van der Waals surface area contributed by atoms with Crippen LogP contribution < -0.4 is 10.7 Å². The largest absolute Gasteiger partial charge is 0.357 e. The highest BCUT2D eigenvalue weighted by molar-refractivity contribution is 5.86. The molecule has 2 fully saturated rings. The summed E-state index contributed by atoms with van der Waals surface area (Å²) in [7, 11) is 0. The first-order chi connectivity index (χ1) is 12.1. The number of piperazine rings is 1. The summed E-state index contributed by atoms with van der Waals surface area (Å²) in [5.74, 6) is 0. The van der Waals surface area contributed by atoms with E-state index in [9.17, 15) is 4.79 Å². The predicted octanol–water partition coefficient (Wildman–Crippen LogP) is 2.47. The average molecular weight is 413 g/mol. The van der Waals surface area contributed by atoms with Gasteiger partial charge in [-0.3, -0.25) is 14.6 Å². The number of benzene rings is 1. The van der Waals surface area contributed by atoms with Crippen molar-refractivity contribution in [1.82, 2.24) is 20.1 Å². The number of nitrogens with one attached hydrogen (secondary N) is 2. The highest BCUT2D eigenvalue weighted by Crippen LogP contribution is 2.19. The predicted molar refractivity (Wildman–Crippen MR) is 117 cm³/mol. The molecule has 1 atom stereocenters. The monoisotopic (exact) mass is 412 g/mol. The Balaban J connectivity index is 0.00000131. The first-order valence-corrected chi connectivity index (χ1v) is 9.41. The fraction of sp³-hybridized carbons (Fsp3) is 0.550. The lowest BCUT2D eigenvalue weighted by Crippen LogP contribution is -2.50. The van der Waals surface area contributed by atoms with Crippen molar-refractivity contribution < 1.29 is 0 Å². The average Bonchev–Trinajstić information content (AvgIpc) is 3.13. The minimum Gasteiger partial charge on any atom is -0.357 e. The lowest BCUT2D eigenvalue weighted by molar-refractivity contribution is 0.0974. The van der Waals surface area contributed by atoms with Gasteiger partial charge in [-0.15, -0.1) is 24.8 Å². The molecule has 2 saturated heterocycles. The van der Waals surface area contributed by atoms with Gasteiger partial charge in [-0.25, -0.2) is 0 Å². The Bertz CT molecular complexity index is 825. The summed E-state index contributed by atoms with van der Waals surface area (Å²) < 4.78 is 0. The third-order valence-corrected chi connectivity index (χ3v) is 5.81. The van der Waals surface area contributed by atoms with E-state index in [0.29, 0.717) is 6.04 Å². The molecule has 0 saturated carbocycles. The molecule has 0 spiro atoms. The van der Waals surface area contributed by atoms with Crippen molar-refractivity contribution in [3.05, 3.63) is 45.2 Å². The van der Waals surface area contributed by atoms with Crippen LogP contribution in [0.1, 0.15) is 23.2 Å². The van der Waals surface area contributed by atoms with Crippen molar-refractivity contribution in [3.63, 3.8) is 0 Å². The number of aryl methyl sites for hydroxylation is 2. The molecule has 0 radical (unpaired) electrons. The van der Waals surface area contributed by atoms with Gasteiger partial charge in [0.25, 0.3) is 0 Å². The number of halogens is 2. The molecule has 0 amide bonds. The van der Waals surface area contributed by atoms with E-state index in [4.69, 9.17) is 0 Å². The Morgan fingerprint density at radius 3 is 2.44 bits per heavy atom. The van der Waals surface area contributed by atoms with Gasteiger partial charge >= 0.3 is 0 Å². The third kappa shape index (κ3) is 4.66. The quantitative estimate of drug-likeness (QED) is 0.812. The lowest BCUT2D eigenvalue weighted by Gasteiger charge is -2.37. The lowest BCUT2D eigenvalue weighted by atomic mass is 10.0. The van der Waals surface area contributed by atoms with Gasteiger partial charge < -0.3 is 10.3 Å². The van der Waals surface area contributed by atoms with Gasteiger partial charge in [-0.05, 0) is 37.9 Å². The minimum atomic E-state index is 0. The third-order valence-electron chi connectivity index (χ3n) is 5.81. The zero-order valence-corrected chi connectivity index (χ0v) is 17.7.